The quantitative estimate of drug-likeness (QED) is 0.700. The predicted octanol–water partition coefficient (Wildman–Crippen LogP) is 4.76. The second kappa shape index (κ2) is 6.05. The minimum Gasteiger partial charge on any atom is -0.457 e. The minimum absolute atomic E-state index is 0.451. The molecule has 0 fully saturated rings. The molecule has 4 heteroatoms. The van der Waals surface area contributed by atoms with E-state index in [0.29, 0.717) is 11.6 Å². The lowest BCUT2D eigenvalue weighted by Gasteiger charge is -2.09. The summed E-state index contributed by atoms with van der Waals surface area (Å²) in [5.41, 5.74) is 0.779. The van der Waals surface area contributed by atoms with Crippen molar-refractivity contribution < 1.29 is 9.13 Å². The van der Waals surface area contributed by atoms with Crippen LogP contribution in [0.2, 0.25) is 0 Å². The van der Waals surface area contributed by atoms with Crippen molar-refractivity contribution in [3.8, 4) is 11.5 Å². The zero-order valence-electron chi connectivity index (χ0n) is 11.2. The Labute approximate surface area is 122 Å². The number of nitrogens with one attached hydrogen (secondary N) is 1. The summed E-state index contributed by atoms with van der Waals surface area (Å²) in [6.45, 7) is 0. The third kappa shape index (κ3) is 3.57. The minimum atomic E-state index is -0.517. The van der Waals surface area contributed by atoms with Crippen LogP contribution in [0.4, 0.5) is 15.9 Å². The van der Waals surface area contributed by atoms with E-state index in [-0.39, 0.29) is 0 Å². The monoisotopic (exact) mass is 280 g/mol. The first-order valence-corrected chi connectivity index (χ1v) is 6.52. The van der Waals surface area contributed by atoms with Gasteiger partial charge in [0.15, 0.2) is 0 Å². The van der Waals surface area contributed by atoms with Gasteiger partial charge in [-0.3, -0.25) is 0 Å². The standard InChI is InChI=1S/C17H13FN2O/c18-16-10-5-11-17(20-16)19-13-6-4-9-15(12-13)21-14-7-2-1-3-8-14/h1-12H,(H,19,20). The molecule has 3 rings (SSSR count). The Morgan fingerprint density at radius 1 is 0.810 bits per heavy atom. The lowest BCUT2D eigenvalue weighted by atomic mass is 10.3. The van der Waals surface area contributed by atoms with Crippen molar-refractivity contribution in [2.75, 3.05) is 5.32 Å². The smallest absolute Gasteiger partial charge is 0.214 e. The van der Waals surface area contributed by atoms with Crippen molar-refractivity contribution in [2.45, 2.75) is 0 Å². The highest BCUT2D eigenvalue weighted by molar-refractivity contribution is 5.58. The van der Waals surface area contributed by atoms with Crippen molar-refractivity contribution in [3.63, 3.8) is 0 Å². The lowest BCUT2D eigenvalue weighted by molar-refractivity contribution is 0.483. The number of ether oxygens (including phenoxy) is 1. The third-order valence-corrected chi connectivity index (χ3v) is 2.80. The van der Waals surface area contributed by atoms with E-state index in [1.807, 2.05) is 54.6 Å². The molecule has 1 N–H and O–H groups in total. The molecular weight excluding hydrogens is 267 g/mol. The molecule has 0 saturated heterocycles. The fraction of sp³-hybridized carbons (Fsp3) is 0. The normalized spacial score (nSPS) is 10.1. The maximum Gasteiger partial charge on any atom is 0.214 e. The van der Waals surface area contributed by atoms with Gasteiger partial charge in [0.25, 0.3) is 0 Å². The summed E-state index contributed by atoms with van der Waals surface area (Å²) in [5, 5.41) is 3.04. The number of hydrogen-bond acceptors (Lipinski definition) is 3. The molecule has 3 nitrogen and oxygen atoms in total. The molecule has 0 amide bonds. The average Bonchev–Trinajstić information content (AvgIpc) is 2.49. The fourth-order valence-electron chi connectivity index (χ4n) is 1.89. The van der Waals surface area contributed by atoms with Gasteiger partial charge in [-0.25, -0.2) is 4.98 Å². The maximum atomic E-state index is 13.1. The highest BCUT2D eigenvalue weighted by Gasteiger charge is 2.01. The van der Waals surface area contributed by atoms with Gasteiger partial charge in [-0.15, -0.1) is 0 Å². The Kier molecular flexibility index (Phi) is 3.78. The van der Waals surface area contributed by atoms with Gasteiger partial charge >= 0.3 is 0 Å². The van der Waals surface area contributed by atoms with Crippen LogP contribution in [-0.4, -0.2) is 4.98 Å². The summed E-state index contributed by atoms with van der Waals surface area (Å²) >= 11 is 0. The van der Waals surface area contributed by atoms with E-state index in [1.54, 1.807) is 12.1 Å². The number of anilines is 2. The highest BCUT2D eigenvalue weighted by Crippen LogP contribution is 2.25. The second-order valence-corrected chi connectivity index (χ2v) is 4.41. The predicted molar refractivity (Wildman–Crippen MR) is 80.4 cm³/mol. The molecule has 0 unspecified atom stereocenters. The Morgan fingerprint density at radius 3 is 2.38 bits per heavy atom. The first kappa shape index (κ1) is 13.1. The van der Waals surface area contributed by atoms with Crippen LogP contribution in [0.1, 0.15) is 0 Å². The number of benzene rings is 2. The molecule has 21 heavy (non-hydrogen) atoms. The van der Waals surface area contributed by atoms with Gasteiger partial charge in [0, 0.05) is 11.8 Å². The molecule has 3 aromatic rings. The van der Waals surface area contributed by atoms with Crippen LogP contribution in [0.3, 0.4) is 0 Å². The molecule has 0 aliphatic rings. The number of pyridine rings is 1. The van der Waals surface area contributed by atoms with Gasteiger partial charge < -0.3 is 10.1 Å². The molecule has 104 valence electrons. The van der Waals surface area contributed by atoms with Gasteiger partial charge in [0.2, 0.25) is 5.95 Å². The zero-order valence-corrected chi connectivity index (χ0v) is 11.2. The number of para-hydroxylation sites is 1. The second-order valence-electron chi connectivity index (χ2n) is 4.41. The van der Waals surface area contributed by atoms with E-state index >= 15 is 0 Å². The fourth-order valence-corrected chi connectivity index (χ4v) is 1.89. The molecule has 1 heterocycles. The van der Waals surface area contributed by atoms with Crippen LogP contribution in [0.15, 0.2) is 72.8 Å². The van der Waals surface area contributed by atoms with Crippen LogP contribution in [0.5, 0.6) is 11.5 Å². The molecule has 0 spiro atoms. The number of halogens is 1. The summed E-state index contributed by atoms with van der Waals surface area (Å²) in [4.78, 5) is 3.76. The Hall–Kier alpha value is -2.88. The molecule has 0 saturated carbocycles. The van der Waals surface area contributed by atoms with E-state index in [9.17, 15) is 4.39 Å². The molecule has 2 aromatic carbocycles. The summed E-state index contributed by atoms with van der Waals surface area (Å²) < 4.78 is 18.8. The van der Waals surface area contributed by atoms with Crippen molar-refractivity contribution in [1.29, 1.82) is 0 Å². The summed E-state index contributed by atoms with van der Waals surface area (Å²) in [5.74, 6) is 1.39. The first-order chi connectivity index (χ1) is 10.3. The van der Waals surface area contributed by atoms with E-state index < -0.39 is 5.95 Å². The van der Waals surface area contributed by atoms with E-state index in [4.69, 9.17) is 4.74 Å². The van der Waals surface area contributed by atoms with Crippen molar-refractivity contribution in [2.24, 2.45) is 0 Å². The summed E-state index contributed by atoms with van der Waals surface area (Å²) in [7, 11) is 0. The van der Waals surface area contributed by atoms with Crippen molar-refractivity contribution >= 4 is 11.5 Å². The maximum absolute atomic E-state index is 13.1. The molecule has 1 aromatic heterocycles. The Balaban J connectivity index is 1.77. The van der Waals surface area contributed by atoms with Crippen LogP contribution in [0.25, 0.3) is 0 Å². The lowest BCUT2D eigenvalue weighted by Crippen LogP contribution is -1.95. The van der Waals surface area contributed by atoms with Gasteiger partial charge in [0.05, 0.1) is 0 Å². The summed E-state index contributed by atoms with van der Waals surface area (Å²) in [6, 6.07) is 21.6. The third-order valence-electron chi connectivity index (χ3n) is 2.80. The van der Waals surface area contributed by atoms with Gasteiger partial charge in [-0.05, 0) is 36.4 Å². The Bertz CT molecular complexity index is 732. The number of aromatic nitrogens is 1. The van der Waals surface area contributed by atoms with Crippen LogP contribution < -0.4 is 10.1 Å². The molecule has 0 atom stereocenters. The van der Waals surface area contributed by atoms with E-state index in [2.05, 4.69) is 10.3 Å². The van der Waals surface area contributed by atoms with Gasteiger partial charge in [-0.2, -0.15) is 4.39 Å². The summed E-state index contributed by atoms with van der Waals surface area (Å²) in [6.07, 6.45) is 0. The Morgan fingerprint density at radius 2 is 1.57 bits per heavy atom. The number of nitrogens with zero attached hydrogens (tertiary/aromatic N) is 1. The molecule has 0 aliphatic carbocycles. The molecular formula is C17H13FN2O. The number of rotatable bonds is 4. The molecule has 0 bridgehead atoms. The van der Waals surface area contributed by atoms with E-state index in [0.717, 1.165) is 11.4 Å². The van der Waals surface area contributed by atoms with E-state index in [1.165, 1.54) is 6.07 Å². The van der Waals surface area contributed by atoms with Gasteiger partial charge in [-0.1, -0.05) is 30.3 Å². The van der Waals surface area contributed by atoms with Crippen molar-refractivity contribution in [3.05, 3.63) is 78.7 Å². The van der Waals surface area contributed by atoms with Gasteiger partial charge in [0.1, 0.15) is 17.3 Å². The first-order valence-electron chi connectivity index (χ1n) is 6.52. The van der Waals surface area contributed by atoms with Crippen LogP contribution >= 0.6 is 0 Å². The molecule has 0 aliphatic heterocycles. The number of hydrogen-bond donors (Lipinski definition) is 1. The zero-order chi connectivity index (χ0) is 14.5. The van der Waals surface area contributed by atoms with Crippen molar-refractivity contribution in [1.82, 2.24) is 4.98 Å². The van der Waals surface area contributed by atoms with Crippen LogP contribution in [0, 0.1) is 5.95 Å². The topological polar surface area (TPSA) is 34.1 Å². The SMILES string of the molecule is Fc1cccc(Nc2cccc(Oc3ccccc3)c2)n1. The van der Waals surface area contributed by atoms with Crippen LogP contribution in [-0.2, 0) is 0 Å². The largest absolute Gasteiger partial charge is 0.457 e. The highest BCUT2D eigenvalue weighted by atomic mass is 19.1. The average molecular weight is 280 g/mol. The molecule has 0 radical (unpaired) electrons.